The number of fused-ring (bicyclic) bond motifs is 2. The van der Waals surface area contributed by atoms with Crippen LogP contribution in [0.1, 0.15) is 27.7 Å². The molecule has 0 aliphatic heterocycles. The van der Waals surface area contributed by atoms with E-state index in [0.29, 0.717) is 5.52 Å². The molecule has 0 saturated carbocycles. The molecule has 0 bridgehead atoms. The van der Waals surface area contributed by atoms with Crippen LogP contribution in [0.4, 0.5) is 4.39 Å². The van der Waals surface area contributed by atoms with Crippen molar-refractivity contribution < 1.29 is 4.39 Å². The number of hydrogen-bond donors (Lipinski definition) is 0. The van der Waals surface area contributed by atoms with Crippen LogP contribution in [0, 0.1) is 5.82 Å². The number of nitrogens with zero attached hydrogens (tertiary/aromatic N) is 2. The highest BCUT2D eigenvalue weighted by atomic mass is 19.1. The van der Waals surface area contributed by atoms with Gasteiger partial charge in [0.15, 0.2) is 0 Å². The fourth-order valence-electron chi connectivity index (χ4n) is 2.09. The second-order valence-corrected chi connectivity index (χ2v) is 4.54. The smallest absolute Gasteiger partial charge is 0.149 e. The Morgan fingerprint density at radius 2 is 1.28 bits per heavy atom. The van der Waals surface area contributed by atoms with Crippen LogP contribution in [-0.2, 0) is 0 Å². The topological polar surface area (TPSA) is 25.8 Å². The minimum absolute atomic E-state index is 0.261. The minimum Gasteiger partial charge on any atom is -0.264 e. The zero-order chi connectivity index (χ0) is 18.5. The van der Waals surface area contributed by atoms with Gasteiger partial charge in [0.05, 0.1) is 0 Å². The Hall–Kier alpha value is -2.81. The summed E-state index contributed by atoms with van der Waals surface area (Å²) < 4.78 is 12.9. The lowest BCUT2D eigenvalue weighted by Crippen LogP contribution is -1.81. The number of para-hydroxylation sites is 1. The van der Waals surface area contributed by atoms with E-state index in [2.05, 4.69) is 22.1 Å². The third-order valence-corrected chi connectivity index (χ3v) is 3.13. The molecule has 4 aromatic rings. The fraction of sp³-hybridized carbons (Fsp3) is 0.182. The van der Waals surface area contributed by atoms with Crippen LogP contribution >= 0.6 is 0 Å². The summed E-state index contributed by atoms with van der Waals surface area (Å²) in [6, 6.07) is 18.8. The van der Waals surface area contributed by atoms with E-state index in [-0.39, 0.29) is 5.82 Å². The van der Waals surface area contributed by atoms with Gasteiger partial charge in [-0.3, -0.25) is 9.97 Å². The number of hydrogen-bond acceptors (Lipinski definition) is 2. The van der Waals surface area contributed by atoms with Gasteiger partial charge in [-0.25, -0.2) is 4.39 Å². The molecule has 0 saturated heterocycles. The normalized spacial score (nSPS) is 9.00. The third-order valence-electron chi connectivity index (χ3n) is 3.13. The molecule has 25 heavy (non-hydrogen) atoms. The van der Waals surface area contributed by atoms with Crippen molar-refractivity contribution in [3.8, 4) is 0 Å². The highest BCUT2D eigenvalue weighted by molar-refractivity contribution is 5.81. The molecule has 2 heterocycles. The molecule has 0 atom stereocenters. The van der Waals surface area contributed by atoms with Crippen LogP contribution in [-0.4, -0.2) is 9.97 Å². The molecule has 2 nitrogen and oxygen atoms in total. The van der Waals surface area contributed by atoms with Crippen LogP contribution < -0.4 is 0 Å². The van der Waals surface area contributed by atoms with Gasteiger partial charge >= 0.3 is 0 Å². The Kier molecular flexibility index (Phi) is 9.46. The predicted octanol–water partition coefficient (Wildman–Crippen LogP) is 6.66. The quantitative estimate of drug-likeness (QED) is 0.359. The molecule has 0 N–H and O–H groups in total. The van der Waals surface area contributed by atoms with Gasteiger partial charge in [0, 0.05) is 24.0 Å². The molecule has 0 unspecified atom stereocenters. The molecule has 0 aliphatic rings. The number of halogens is 1. The summed E-state index contributed by atoms with van der Waals surface area (Å²) in [5.41, 5.74) is 0.440. The van der Waals surface area contributed by atoms with Gasteiger partial charge in [-0.1, -0.05) is 70.2 Å². The summed E-state index contributed by atoms with van der Waals surface area (Å²) in [6.07, 6.45) is 5.27. The number of benzene rings is 2. The maximum Gasteiger partial charge on any atom is 0.149 e. The fourth-order valence-corrected chi connectivity index (χ4v) is 2.09. The second kappa shape index (κ2) is 11.7. The monoisotopic (exact) mass is 336 g/mol. The summed E-state index contributed by atoms with van der Waals surface area (Å²) in [5, 5.41) is 3.29. The minimum atomic E-state index is -0.261. The van der Waals surface area contributed by atoms with E-state index in [1.165, 1.54) is 16.8 Å². The lowest BCUT2D eigenvalue weighted by Gasteiger charge is -1.94. The predicted molar refractivity (Wildman–Crippen MR) is 106 cm³/mol. The van der Waals surface area contributed by atoms with E-state index in [1.807, 2.05) is 70.4 Å². The first-order chi connectivity index (χ1) is 12.3. The van der Waals surface area contributed by atoms with Gasteiger partial charge in [-0.05, 0) is 29.0 Å². The molecule has 0 fully saturated rings. The van der Waals surface area contributed by atoms with Gasteiger partial charge in [0.25, 0.3) is 0 Å². The van der Waals surface area contributed by atoms with Crippen molar-refractivity contribution in [3.63, 3.8) is 0 Å². The van der Waals surface area contributed by atoms with Gasteiger partial charge in [0.2, 0.25) is 0 Å². The summed E-state index contributed by atoms with van der Waals surface area (Å²) >= 11 is 0. The first-order valence-corrected chi connectivity index (χ1v) is 8.62. The molecule has 0 radical (unpaired) electrons. The summed E-state index contributed by atoms with van der Waals surface area (Å²) in [6.45, 7) is 8.00. The molecule has 4 rings (SSSR count). The van der Waals surface area contributed by atoms with Crippen molar-refractivity contribution in [1.82, 2.24) is 9.97 Å². The highest BCUT2D eigenvalue weighted by Gasteiger charge is 1.97. The SMILES string of the molecule is CC.CC.Fc1cccc2cccnc12.c1ccc2cnccc2c1. The van der Waals surface area contributed by atoms with Crippen molar-refractivity contribution >= 4 is 21.7 Å². The van der Waals surface area contributed by atoms with Gasteiger partial charge in [-0.2, -0.15) is 0 Å². The Labute approximate surface area is 149 Å². The van der Waals surface area contributed by atoms with Gasteiger partial charge in [0.1, 0.15) is 11.3 Å². The molecule has 0 spiro atoms. The van der Waals surface area contributed by atoms with Crippen molar-refractivity contribution in [2.75, 3.05) is 0 Å². The molecule has 3 heteroatoms. The second-order valence-electron chi connectivity index (χ2n) is 4.54. The third kappa shape index (κ3) is 5.96. The van der Waals surface area contributed by atoms with Crippen molar-refractivity contribution in [2.45, 2.75) is 27.7 Å². The summed E-state index contributed by atoms with van der Waals surface area (Å²) in [5.74, 6) is -0.261. The number of pyridine rings is 2. The van der Waals surface area contributed by atoms with Gasteiger partial charge < -0.3 is 0 Å². The van der Waals surface area contributed by atoms with Crippen LogP contribution in [0.25, 0.3) is 21.7 Å². The largest absolute Gasteiger partial charge is 0.264 e. The van der Waals surface area contributed by atoms with E-state index in [1.54, 1.807) is 18.3 Å². The standard InChI is InChI=1S/C9H6FN.C9H7N.2C2H6/c10-8-5-1-3-7-4-2-6-11-9(7)8;1-2-4-9-7-10-6-5-8(9)3-1;2*1-2/h1-6H;1-7H;2*1-2H3. The molecular formula is C22H25FN2. The molecule has 0 amide bonds. The number of aromatic nitrogens is 2. The van der Waals surface area contributed by atoms with Crippen molar-refractivity contribution in [2.24, 2.45) is 0 Å². The van der Waals surface area contributed by atoms with E-state index in [4.69, 9.17) is 0 Å². The number of rotatable bonds is 0. The molecule has 2 aromatic carbocycles. The maximum atomic E-state index is 12.9. The van der Waals surface area contributed by atoms with E-state index < -0.39 is 0 Å². The van der Waals surface area contributed by atoms with E-state index in [0.717, 1.165) is 5.39 Å². The Morgan fingerprint density at radius 1 is 0.640 bits per heavy atom. The zero-order valence-corrected chi connectivity index (χ0v) is 15.3. The van der Waals surface area contributed by atoms with Crippen LogP contribution in [0.3, 0.4) is 0 Å². The van der Waals surface area contributed by atoms with Crippen LogP contribution in [0.15, 0.2) is 79.3 Å². The van der Waals surface area contributed by atoms with Crippen molar-refractivity contribution in [1.29, 1.82) is 0 Å². The summed E-state index contributed by atoms with van der Waals surface area (Å²) in [7, 11) is 0. The Morgan fingerprint density at radius 3 is 1.96 bits per heavy atom. The lowest BCUT2D eigenvalue weighted by molar-refractivity contribution is 0.637. The average molecular weight is 336 g/mol. The maximum absolute atomic E-state index is 12.9. The first kappa shape index (κ1) is 20.2. The molecular weight excluding hydrogens is 311 g/mol. The first-order valence-electron chi connectivity index (χ1n) is 8.62. The molecule has 130 valence electrons. The van der Waals surface area contributed by atoms with E-state index in [9.17, 15) is 4.39 Å². The highest BCUT2D eigenvalue weighted by Crippen LogP contribution is 2.13. The van der Waals surface area contributed by atoms with Crippen LogP contribution in [0.5, 0.6) is 0 Å². The molecule has 0 aliphatic carbocycles. The molecule has 2 aromatic heterocycles. The summed E-state index contributed by atoms with van der Waals surface area (Å²) in [4.78, 5) is 7.92. The average Bonchev–Trinajstić information content (AvgIpc) is 2.72. The lowest BCUT2D eigenvalue weighted by atomic mass is 10.2. The van der Waals surface area contributed by atoms with Crippen LogP contribution in [0.2, 0.25) is 0 Å². The van der Waals surface area contributed by atoms with Gasteiger partial charge in [-0.15, -0.1) is 0 Å². The van der Waals surface area contributed by atoms with E-state index >= 15 is 0 Å². The zero-order valence-electron chi connectivity index (χ0n) is 15.3. The Balaban J connectivity index is 0.000000210. The Bertz CT molecular complexity index is 805. The van der Waals surface area contributed by atoms with Crippen molar-refractivity contribution in [3.05, 3.63) is 85.1 Å².